The van der Waals surface area contributed by atoms with Crippen LogP contribution >= 0.6 is 0 Å². The minimum Gasteiger partial charge on any atom is -0.455 e. The third-order valence-electron chi connectivity index (χ3n) is 12.1. The second kappa shape index (κ2) is 8.28. The van der Waals surface area contributed by atoms with E-state index < -0.39 is 64.1 Å². The van der Waals surface area contributed by atoms with Crippen molar-refractivity contribution in [2.75, 3.05) is 13.6 Å². The molecule has 3 N–H and O–H groups in total. The lowest BCUT2D eigenvalue weighted by Gasteiger charge is -2.72. The molecular weight excluding hydrogens is 498 g/mol. The number of allylic oxidation sites excluding steroid dienone is 2. The topological polar surface area (TPSA) is 117 Å². The van der Waals surface area contributed by atoms with E-state index in [2.05, 4.69) is 18.5 Å². The molecule has 214 valence electrons. The third kappa shape index (κ3) is 2.94. The van der Waals surface area contributed by atoms with E-state index in [4.69, 9.17) is 9.47 Å². The van der Waals surface area contributed by atoms with Crippen LogP contribution in [0.4, 0.5) is 0 Å². The van der Waals surface area contributed by atoms with E-state index in [-0.39, 0.29) is 17.9 Å². The fourth-order valence-corrected chi connectivity index (χ4v) is 11.1. The van der Waals surface area contributed by atoms with Gasteiger partial charge in [-0.1, -0.05) is 31.2 Å². The maximum absolute atomic E-state index is 13.4. The summed E-state index contributed by atoms with van der Waals surface area (Å²) in [7, 11) is 2.07. The summed E-state index contributed by atoms with van der Waals surface area (Å²) in [5.41, 5.74) is -1.88. The number of hydrogen-bond acceptors (Lipinski definition) is 8. The van der Waals surface area contributed by atoms with Gasteiger partial charge in [0.2, 0.25) is 0 Å². The molecule has 12 atom stereocenters. The number of carbonyl (C=O) groups excluding carboxylic acids is 2. The lowest BCUT2D eigenvalue weighted by Crippen LogP contribution is -2.82. The first-order valence-corrected chi connectivity index (χ1v) is 14.4. The van der Waals surface area contributed by atoms with Crippen molar-refractivity contribution in [1.82, 2.24) is 4.90 Å². The lowest BCUT2D eigenvalue weighted by molar-refractivity contribution is -0.342. The summed E-state index contributed by atoms with van der Waals surface area (Å²) >= 11 is 0. The van der Waals surface area contributed by atoms with Crippen LogP contribution in [0.25, 0.3) is 0 Å². The Morgan fingerprint density at radius 2 is 1.62 bits per heavy atom. The Kier molecular flexibility index (Phi) is 5.77. The van der Waals surface area contributed by atoms with Gasteiger partial charge in [0.15, 0.2) is 0 Å². The Balaban J connectivity index is 1.61. The Bertz CT molecular complexity index is 1210. The number of aliphatic hydroxyl groups is 3. The SMILES string of the molecule is C=C1C[C@@]23C[C@H](O)[C@]4(O)[C@@]5(C)C[C@H](O)C[C@@]46[C@@H]2[C@H](OC(=O)/C(C)=C/C)[C@H](OC(=O)/C(C)=C/C)C1[C@@H]3[C@H]6N(C)C5. The summed E-state index contributed by atoms with van der Waals surface area (Å²) in [6.07, 6.45) is 1.73. The molecule has 0 aromatic carbocycles. The van der Waals surface area contributed by atoms with Crippen molar-refractivity contribution in [1.29, 1.82) is 0 Å². The average molecular weight is 542 g/mol. The zero-order chi connectivity index (χ0) is 28.4. The van der Waals surface area contributed by atoms with Crippen LogP contribution in [0.3, 0.4) is 0 Å². The van der Waals surface area contributed by atoms with E-state index in [1.807, 2.05) is 6.92 Å². The highest BCUT2D eigenvalue weighted by Gasteiger charge is 2.90. The van der Waals surface area contributed by atoms with Crippen LogP contribution in [0.1, 0.15) is 60.3 Å². The van der Waals surface area contributed by atoms with E-state index in [1.165, 1.54) is 0 Å². The number of nitrogens with zero attached hydrogens (tertiary/aromatic N) is 1. The molecule has 1 heterocycles. The number of esters is 2. The molecule has 8 heteroatoms. The summed E-state index contributed by atoms with van der Waals surface area (Å²) in [5, 5.41) is 36.1. The van der Waals surface area contributed by atoms with Gasteiger partial charge in [0, 0.05) is 46.4 Å². The molecule has 5 aliphatic carbocycles. The molecule has 1 unspecified atom stereocenters. The number of ether oxygens (including phenoxy) is 2. The van der Waals surface area contributed by atoms with Gasteiger partial charge in [-0.05, 0) is 71.8 Å². The molecule has 1 saturated heterocycles. The van der Waals surface area contributed by atoms with Crippen molar-refractivity contribution < 1.29 is 34.4 Å². The van der Waals surface area contributed by atoms with Gasteiger partial charge in [0.1, 0.15) is 17.8 Å². The first kappa shape index (κ1) is 27.2. The standard InChI is InChI=1S/C31H43NO7/c1-8-15(3)26(35)38-22-20-17(5)10-29-13-19(34)31(37)28(6)11-18(33)12-30(31,25(21(20)29)32(7)14-28)24(29)23(22)39-27(36)16(4)9-2/h8-9,18-25,33-34,37H,5,10-14H2,1-4,6-7H3/b15-8+,16-9+/t18-,19-,20?,21+,22+,23+,24+,25+,28-,29-,30-,31-/m0/s1. The highest BCUT2D eigenvalue weighted by atomic mass is 16.6. The summed E-state index contributed by atoms with van der Waals surface area (Å²) in [6.45, 7) is 13.9. The van der Waals surface area contributed by atoms with Crippen LogP contribution in [0.5, 0.6) is 0 Å². The molecule has 6 fully saturated rings. The maximum Gasteiger partial charge on any atom is 0.333 e. The normalized spacial score (nSPS) is 52.1. The molecule has 8 nitrogen and oxygen atoms in total. The average Bonchev–Trinajstić information content (AvgIpc) is 3.14. The van der Waals surface area contributed by atoms with E-state index in [0.717, 1.165) is 5.57 Å². The quantitative estimate of drug-likeness (QED) is 0.283. The van der Waals surface area contributed by atoms with Gasteiger partial charge in [-0.25, -0.2) is 9.59 Å². The fraction of sp³-hybridized carbons (Fsp3) is 0.742. The first-order valence-electron chi connectivity index (χ1n) is 14.4. The van der Waals surface area contributed by atoms with Crippen molar-refractivity contribution in [3.63, 3.8) is 0 Å². The molecule has 6 aliphatic rings. The van der Waals surface area contributed by atoms with Gasteiger partial charge < -0.3 is 29.7 Å². The molecule has 6 rings (SSSR count). The van der Waals surface area contributed by atoms with Crippen molar-refractivity contribution >= 4 is 11.9 Å². The highest BCUT2D eigenvalue weighted by Crippen LogP contribution is 2.84. The van der Waals surface area contributed by atoms with Crippen molar-refractivity contribution in [3.05, 3.63) is 35.5 Å². The molecule has 0 aromatic heterocycles. The smallest absolute Gasteiger partial charge is 0.333 e. The van der Waals surface area contributed by atoms with Gasteiger partial charge in [0.05, 0.1) is 12.2 Å². The number of aliphatic hydroxyl groups excluding tert-OH is 2. The maximum atomic E-state index is 13.4. The van der Waals surface area contributed by atoms with Gasteiger partial charge in [-0.2, -0.15) is 0 Å². The molecule has 6 bridgehead atoms. The van der Waals surface area contributed by atoms with E-state index in [1.54, 1.807) is 39.8 Å². The second-order valence-electron chi connectivity index (χ2n) is 13.8. The van der Waals surface area contributed by atoms with E-state index in [0.29, 0.717) is 43.4 Å². The summed E-state index contributed by atoms with van der Waals surface area (Å²) in [5.74, 6) is -1.76. The molecular formula is C31H43NO7. The number of piperidine rings is 1. The Labute approximate surface area is 230 Å². The van der Waals surface area contributed by atoms with Crippen molar-refractivity contribution in [3.8, 4) is 0 Å². The highest BCUT2D eigenvalue weighted by molar-refractivity contribution is 5.89. The predicted molar refractivity (Wildman–Crippen MR) is 143 cm³/mol. The molecule has 1 aliphatic heterocycles. The van der Waals surface area contributed by atoms with Crippen LogP contribution in [-0.4, -0.2) is 81.8 Å². The van der Waals surface area contributed by atoms with Crippen LogP contribution in [0, 0.1) is 34.0 Å². The predicted octanol–water partition coefficient (Wildman–Crippen LogP) is 2.52. The summed E-state index contributed by atoms with van der Waals surface area (Å²) in [6, 6.07) is -0.201. The lowest BCUT2D eigenvalue weighted by atomic mass is 9.38. The molecule has 0 aromatic rings. The van der Waals surface area contributed by atoms with Crippen LogP contribution in [-0.2, 0) is 19.1 Å². The van der Waals surface area contributed by atoms with Crippen LogP contribution in [0.2, 0.25) is 0 Å². The fourth-order valence-electron chi connectivity index (χ4n) is 11.1. The van der Waals surface area contributed by atoms with E-state index >= 15 is 0 Å². The largest absolute Gasteiger partial charge is 0.455 e. The van der Waals surface area contributed by atoms with E-state index in [9.17, 15) is 24.9 Å². The zero-order valence-electron chi connectivity index (χ0n) is 23.9. The monoisotopic (exact) mass is 541 g/mol. The molecule has 5 saturated carbocycles. The second-order valence-corrected chi connectivity index (χ2v) is 13.8. The van der Waals surface area contributed by atoms with Crippen molar-refractivity contribution in [2.24, 2.45) is 34.0 Å². The van der Waals surface area contributed by atoms with Gasteiger partial charge >= 0.3 is 11.9 Å². The van der Waals surface area contributed by atoms with Gasteiger partial charge in [-0.15, -0.1) is 0 Å². The minimum absolute atomic E-state index is 0.0694. The molecule has 39 heavy (non-hydrogen) atoms. The summed E-state index contributed by atoms with van der Waals surface area (Å²) < 4.78 is 12.6. The molecule has 0 radical (unpaired) electrons. The number of likely N-dealkylation sites (tertiary alicyclic amines) is 1. The number of carbonyl (C=O) groups is 2. The Morgan fingerprint density at radius 3 is 2.21 bits per heavy atom. The first-order chi connectivity index (χ1) is 18.2. The summed E-state index contributed by atoms with van der Waals surface area (Å²) in [4.78, 5) is 28.9. The van der Waals surface area contributed by atoms with Crippen LogP contribution in [0.15, 0.2) is 35.5 Å². The third-order valence-corrected chi connectivity index (χ3v) is 12.1. The van der Waals surface area contributed by atoms with Crippen molar-refractivity contribution in [2.45, 2.75) is 96.4 Å². The number of rotatable bonds is 4. The Hall–Kier alpha value is -2.00. The molecule has 0 amide bonds. The number of hydrogen-bond donors (Lipinski definition) is 3. The van der Waals surface area contributed by atoms with Gasteiger partial charge in [-0.3, -0.25) is 0 Å². The zero-order valence-corrected chi connectivity index (χ0v) is 23.9. The van der Waals surface area contributed by atoms with Gasteiger partial charge in [0.25, 0.3) is 0 Å². The minimum atomic E-state index is -1.50. The Morgan fingerprint density at radius 1 is 1.03 bits per heavy atom. The molecule has 2 spiro atoms. The van der Waals surface area contributed by atoms with Crippen LogP contribution < -0.4 is 0 Å².